The molecule has 5 heteroatoms. The average molecular weight is 291 g/mol. The Hall–Kier alpha value is -1.49. The zero-order chi connectivity index (χ0) is 15.0. The van der Waals surface area contributed by atoms with Crippen molar-refractivity contribution in [3.05, 3.63) is 18.0 Å². The molecule has 2 fully saturated rings. The maximum atomic E-state index is 13.0. The quantitative estimate of drug-likeness (QED) is 0.905. The van der Waals surface area contributed by atoms with Crippen molar-refractivity contribution in [1.82, 2.24) is 9.47 Å². The summed E-state index contributed by atoms with van der Waals surface area (Å²) in [6.45, 7) is 6.56. The predicted molar refractivity (Wildman–Crippen MR) is 82.2 cm³/mol. The van der Waals surface area contributed by atoms with Crippen molar-refractivity contribution in [2.75, 3.05) is 25.5 Å². The minimum atomic E-state index is 0.120. The van der Waals surface area contributed by atoms with E-state index >= 15 is 0 Å². The summed E-state index contributed by atoms with van der Waals surface area (Å²) in [6.07, 6.45) is 5.17. The van der Waals surface area contributed by atoms with Gasteiger partial charge in [0.1, 0.15) is 5.69 Å². The third-order valence-electron chi connectivity index (χ3n) is 4.37. The molecule has 1 aromatic rings. The molecule has 1 amide bonds. The fourth-order valence-electron chi connectivity index (χ4n) is 3.04. The number of carbonyl (C=O) groups is 1. The number of nitrogen functional groups attached to an aromatic ring is 1. The zero-order valence-corrected chi connectivity index (χ0v) is 12.9. The van der Waals surface area contributed by atoms with Crippen LogP contribution in [0.15, 0.2) is 12.3 Å². The first-order valence-corrected chi connectivity index (χ1v) is 7.92. The number of hydrogen-bond acceptors (Lipinski definition) is 3. The lowest BCUT2D eigenvalue weighted by molar-refractivity contribution is 0.0693. The topological polar surface area (TPSA) is 60.5 Å². The molecular formula is C16H25N3O2. The van der Waals surface area contributed by atoms with Crippen LogP contribution >= 0.6 is 0 Å². The van der Waals surface area contributed by atoms with Gasteiger partial charge >= 0.3 is 0 Å². The Kier molecular flexibility index (Phi) is 3.93. The highest BCUT2D eigenvalue weighted by molar-refractivity contribution is 5.94. The minimum Gasteiger partial charge on any atom is -0.397 e. The third kappa shape index (κ3) is 3.07. The lowest BCUT2D eigenvalue weighted by atomic mass is 10.1. The number of hydrogen-bond donors (Lipinski definition) is 1. The number of rotatable bonds is 5. The van der Waals surface area contributed by atoms with Crippen molar-refractivity contribution in [3.8, 4) is 0 Å². The predicted octanol–water partition coefficient (Wildman–Crippen LogP) is 2.29. The van der Waals surface area contributed by atoms with E-state index < -0.39 is 0 Å². The molecule has 21 heavy (non-hydrogen) atoms. The van der Waals surface area contributed by atoms with Crippen LogP contribution in [0.3, 0.4) is 0 Å². The molecule has 1 saturated carbocycles. The Morgan fingerprint density at radius 1 is 1.48 bits per heavy atom. The van der Waals surface area contributed by atoms with Crippen molar-refractivity contribution in [1.29, 1.82) is 0 Å². The first-order valence-electron chi connectivity index (χ1n) is 7.92. The third-order valence-corrected chi connectivity index (χ3v) is 4.37. The smallest absolute Gasteiger partial charge is 0.270 e. The zero-order valence-electron chi connectivity index (χ0n) is 12.9. The maximum absolute atomic E-state index is 13.0. The lowest BCUT2D eigenvalue weighted by Crippen LogP contribution is -2.38. The van der Waals surface area contributed by atoms with E-state index in [1.54, 1.807) is 0 Å². The number of nitrogens with zero attached hydrogens (tertiary/aromatic N) is 2. The SMILES string of the molecule is CC(C)n1cc(N)cc1C(=O)N(CC1CCOC1)C1CC1. The fraction of sp³-hybridized carbons (Fsp3) is 0.688. The number of anilines is 1. The highest BCUT2D eigenvalue weighted by Gasteiger charge is 2.36. The van der Waals surface area contributed by atoms with E-state index in [1.807, 2.05) is 21.7 Å². The molecule has 0 spiro atoms. The lowest BCUT2D eigenvalue weighted by Gasteiger charge is -2.26. The van der Waals surface area contributed by atoms with Gasteiger partial charge in [0.2, 0.25) is 0 Å². The van der Waals surface area contributed by atoms with E-state index in [0.717, 1.165) is 39.0 Å². The summed E-state index contributed by atoms with van der Waals surface area (Å²) < 4.78 is 7.43. The van der Waals surface area contributed by atoms with Gasteiger partial charge in [-0.25, -0.2) is 0 Å². The summed E-state index contributed by atoms with van der Waals surface area (Å²) in [5, 5.41) is 0. The second-order valence-corrected chi connectivity index (χ2v) is 6.58. The molecule has 2 N–H and O–H groups in total. The number of aromatic nitrogens is 1. The monoisotopic (exact) mass is 291 g/mol. The molecule has 1 aromatic heterocycles. The van der Waals surface area contributed by atoms with E-state index in [1.165, 1.54) is 0 Å². The molecule has 1 aliphatic carbocycles. The van der Waals surface area contributed by atoms with Crippen LogP contribution in [0.2, 0.25) is 0 Å². The van der Waals surface area contributed by atoms with Gasteiger partial charge < -0.3 is 19.9 Å². The summed E-state index contributed by atoms with van der Waals surface area (Å²) in [4.78, 5) is 15.0. The summed E-state index contributed by atoms with van der Waals surface area (Å²) in [5.41, 5.74) is 7.27. The number of ether oxygens (including phenoxy) is 1. The maximum Gasteiger partial charge on any atom is 0.270 e. The molecule has 5 nitrogen and oxygen atoms in total. The Balaban J connectivity index is 1.80. The van der Waals surface area contributed by atoms with E-state index in [9.17, 15) is 4.79 Å². The number of carbonyl (C=O) groups excluding carboxylic acids is 1. The van der Waals surface area contributed by atoms with Crippen LogP contribution in [0.4, 0.5) is 5.69 Å². The largest absolute Gasteiger partial charge is 0.397 e. The standard InChI is InChI=1S/C16H25N3O2/c1-11(2)18-9-13(17)7-15(18)16(20)19(14-3-4-14)8-12-5-6-21-10-12/h7,9,11-12,14H,3-6,8,10,17H2,1-2H3. The molecule has 2 heterocycles. The summed E-state index contributed by atoms with van der Waals surface area (Å²) in [5.74, 6) is 0.601. The van der Waals surface area contributed by atoms with Gasteiger partial charge in [-0.15, -0.1) is 0 Å². The molecule has 0 aromatic carbocycles. The van der Waals surface area contributed by atoms with Crippen molar-refractivity contribution in [2.24, 2.45) is 5.92 Å². The van der Waals surface area contributed by atoms with Crippen molar-refractivity contribution >= 4 is 11.6 Å². The minimum absolute atomic E-state index is 0.120. The summed E-state index contributed by atoms with van der Waals surface area (Å²) in [7, 11) is 0. The molecule has 1 aliphatic heterocycles. The normalized spacial score (nSPS) is 22.0. The van der Waals surface area contributed by atoms with Gasteiger partial charge in [0.25, 0.3) is 5.91 Å². The Bertz CT molecular complexity index is 514. The van der Waals surface area contributed by atoms with Crippen LogP contribution in [0.25, 0.3) is 0 Å². The first kappa shape index (κ1) is 14.4. The average Bonchev–Trinajstić information content (AvgIpc) is 2.99. The van der Waals surface area contributed by atoms with Crippen LogP contribution in [0, 0.1) is 5.92 Å². The summed E-state index contributed by atoms with van der Waals surface area (Å²) >= 11 is 0. The highest BCUT2D eigenvalue weighted by atomic mass is 16.5. The van der Waals surface area contributed by atoms with E-state index in [2.05, 4.69) is 13.8 Å². The van der Waals surface area contributed by atoms with Gasteiger partial charge in [-0.2, -0.15) is 0 Å². The molecule has 1 atom stereocenters. The van der Waals surface area contributed by atoms with Crippen molar-refractivity contribution < 1.29 is 9.53 Å². The second-order valence-electron chi connectivity index (χ2n) is 6.58. The van der Waals surface area contributed by atoms with Gasteiger partial charge in [-0.05, 0) is 39.2 Å². The van der Waals surface area contributed by atoms with Crippen molar-refractivity contribution in [3.63, 3.8) is 0 Å². The Morgan fingerprint density at radius 3 is 2.81 bits per heavy atom. The Morgan fingerprint density at radius 2 is 2.24 bits per heavy atom. The highest BCUT2D eigenvalue weighted by Crippen LogP contribution is 2.31. The van der Waals surface area contributed by atoms with Crippen molar-refractivity contribution in [2.45, 2.75) is 45.2 Å². The van der Waals surface area contributed by atoms with E-state index in [-0.39, 0.29) is 11.9 Å². The van der Waals surface area contributed by atoms with Crippen LogP contribution in [-0.4, -0.2) is 41.2 Å². The fourth-order valence-corrected chi connectivity index (χ4v) is 3.04. The molecule has 0 bridgehead atoms. The van der Waals surface area contributed by atoms with Crippen LogP contribution < -0.4 is 5.73 Å². The van der Waals surface area contributed by atoms with Crippen LogP contribution in [0.1, 0.15) is 49.6 Å². The molecule has 0 radical (unpaired) electrons. The summed E-state index contributed by atoms with van der Waals surface area (Å²) in [6, 6.07) is 2.45. The van der Waals surface area contributed by atoms with Gasteiger partial charge in [-0.1, -0.05) is 0 Å². The van der Waals surface area contributed by atoms with Gasteiger partial charge in [-0.3, -0.25) is 4.79 Å². The van der Waals surface area contributed by atoms with Gasteiger partial charge in [0.05, 0.1) is 12.3 Å². The Labute approximate surface area is 126 Å². The molecule has 1 unspecified atom stereocenters. The molecule has 116 valence electrons. The van der Waals surface area contributed by atoms with Crippen LogP contribution in [0.5, 0.6) is 0 Å². The van der Waals surface area contributed by atoms with Gasteiger partial charge in [0, 0.05) is 37.4 Å². The van der Waals surface area contributed by atoms with Crippen LogP contribution in [-0.2, 0) is 4.74 Å². The molecule has 1 saturated heterocycles. The first-order chi connectivity index (χ1) is 10.1. The molecule has 3 rings (SSSR count). The van der Waals surface area contributed by atoms with Gasteiger partial charge in [0.15, 0.2) is 0 Å². The van der Waals surface area contributed by atoms with E-state index in [0.29, 0.717) is 23.3 Å². The molecule has 2 aliphatic rings. The number of nitrogens with two attached hydrogens (primary N) is 1. The molecular weight excluding hydrogens is 266 g/mol. The van der Waals surface area contributed by atoms with E-state index in [4.69, 9.17) is 10.5 Å². The second kappa shape index (κ2) is 5.72. The number of amides is 1.